The summed E-state index contributed by atoms with van der Waals surface area (Å²) in [7, 11) is 1.46. The van der Waals surface area contributed by atoms with Crippen LogP contribution >= 0.6 is 15.9 Å². The third-order valence-electron chi connectivity index (χ3n) is 3.96. The van der Waals surface area contributed by atoms with Gasteiger partial charge in [0.1, 0.15) is 5.75 Å². The lowest BCUT2D eigenvalue weighted by Gasteiger charge is -2.10. The largest absolute Gasteiger partial charge is 0.508 e. The minimum atomic E-state index is -0.517. The molecule has 3 aromatic carbocycles. The van der Waals surface area contributed by atoms with Crippen molar-refractivity contribution in [2.45, 2.75) is 0 Å². The number of hydrogen-bond donors (Lipinski definition) is 2. The van der Waals surface area contributed by atoms with Crippen molar-refractivity contribution in [2.75, 3.05) is 7.11 Å². The Labute approximate surface area is 181 Å². The number of phenols is 1. The number of halogens is 1. The molecule has 0 aliphatic carbocycles. The highest BCUT2D eigenvalue weighted by atomic mass is 79.9. The van der Waals surface area contributed by atoms with E-state index in [4.69, 9.17) is 9.47 Å². The van der Waals surface area contributed by atoms with Gasteiger partial charge in [0.05, 0.1) is 18.9 Å². The molecular formula is C22H17BrN2O5. The number of phenolic OH excluding ortho intramolecular Hbond substituents is 1. The fraction of sp³-hybridized carbons (Fsp3) is 0.0455. The molecule has 0 heterocycles. The van der Waals surface area contributed by atoms with Crippen LogP contribution in [-0.2, 0) is 0 Å². The van der Waals surface area contributed by atoms with Gasteiger partial charge in [-0.2, -0.15) is 5.10 Å². The minimum Gasteiger partial charge on any atom is -0.508 e. The predicted molar refractivity (Wildman–Crippen MR) is 115 cm³/mol. The number of nitrogens with one attached hydrogen (secondary N) is 1. The molecule has 0 fully saturated rings. The van der Waals surface area contributed by atoms with Crippen molar-refractivity contribution in [3.63, 3.8) is 0 Å². The second kappa shape index (κ2) is 9.71. The van der Waals surface area contributed by atoms with Crippen LogP contribution in [-0.4, -0.2) is 30.3 Å². The zero-order valence-electron chi connectivity index (χ0n) is 15.8. The summed E-state index contributed by atoms with van der Waals surface area (Å²) in [6.07, 6.45) is 1.43. The summed E-state index contributed by atoms with van der Waals surface area (Å²) in [4.78, 5) is 24.3. The number of ether oxygens (including phenoxy) is 2. The molecule has 0 saturated carbocycles. The van der Waals surface area contributed by atoms with Gasteiger partial charge in [-0.05, 0) is 66.2 Å². The number of rotatable bonds is 6. The summed E-state index contributed by atoms with van der Waals surface area (Å²) in [5.41, 5.74) is 3.78. The molecule has 7 nitrogen and oxygen atoms in total. The summed E-state index contributed by atoms with van der Waals surface area (Å²) in [6, 6.07) is 17.5. The van der Waals surface area contributed by atoms with Crippen LogP contribution in [0.5, 0.6) is 17.2 Å². The van der Waals surface area contributed by atoms with Gasteiger partial charge in [0.15, 0.2) is 11.5 Å². The number of carbonyl (C=O) groups is 2. The highest BCUT2D eigenvalue weighted by Gasteiger charge is 2.13. The summed E-state index contributed by atoms with van der Waals surface area (Å²) in [6.45, 7) is 0. The molecule has 0 saturated heterocycles. The number of hydrogen-bond acceptors (Lipinski definition) is 6. The molecule has 3 rings (SSSR count). The number of esters is 1. The van der Waals surface area contributed by atoms with Crippen molar-refractivity contribution in [3.05, 3.63) is 87.9 Å². The maximum atomic E-state index is 12.3. The summed E-state index contributed by atoms with van der Waals surface area (Å²) < 4.78 is 11.5. The van der Waals surface area contributed by atoms with Crippen LogP contribution in [0.2, 0.25) is 0 Å². The van der Waals surface area contributed by atoms with Gasteiger partial charge in [-0.3, -0.25) is 4.79 Å². The number of methoxy groups -OCH3 is 1. The van der Waals surface area contributed by atoms with Gasteiger partial charge in [0.25, 0.3) is 5.91 Å². The Bertz CT molecular complexity index is 1100. The van der Waals surface area contributed by atoms with Crippen LogP contribution in [0.4, 0.5) is 0 Å². The zero-order valence-corrected chi connectivity index (χ0v) is 17.4. The SMILES string of the molecule is COc1cc(/C=N\NC(=O)c2ccc(O)cc2)ccc1OC(=O)c1cccc(Br)c1. The molecule has 0 radical (unpaired) electrons. The van der Waals surface area contributed by atoms with E-state index in [2.05, 4.69) is 26.5 Å². The van der Waals surface area contributed by atoms with E-state index in [0.29, 0.717) is 22.4 Å². The summed E-state index contributed by atoms with van der Waals surface area (Å²) in [5, 5.41) is 13.2. The quantitative estimate of drug-likeness (QED) is 0.245. The Morgan fingerprint density at radius 3 is 2.47 bits per heavy atom. The monoisotopic (exact) mass is 468 g/mol. The minimum absolute atomic E-state index is 0.0721. The molecule has 2 N–H and O–H groups in total. The molecule has 0 bridgehead atoms. The van der Waals surface area contributed by atoms with E-state index in [9.17, 15) is 14.7 Å². The maximum Gasteiger partial charge on any atom is 0.343 e. The smallest absolute Gasteiger partial charge is 0.343 e. The van der Waals surface area contributed by atoms with Crippen LogP contribution < -0.4 is 14.9 Å². The molecule has 0 aliphatic heterocycles. The normalized spacial score (nSPS) is 10.6. The molecule has 0 spiro atoms. The Hall–Kier alpha value is -3.65. The van der Waals surface area contributed by atoms with Gasteiger partial charge in [0, 0.05) is 10.0 Å². The van der Waals surface area contributed by atoms with Gasteiger partial charge in [-0.1, -0.05) is 22.0 Å². The Morgan fingerprint density at radius 2 is 1.77 bits per heavy atom. The van der Waals surface area contributed by atoms with Gasteiger partial charge >= 0.3 is 5.97 Å². The topological polar surface area (TPSA) is 97.2 Å². The highest BCUT2D eigenvalue weighted by molar-refractivity contribution is 9.10. The van der Waals surface area contributed by atoms with E-state index in [1.165, 1.54) is 37.6 Å². The molecule has 30 heavy (non-hydrogen) atoms. The van der Waals surface area contributed by atoms with Crippen molar-refractivity contribution in [1.82, 2.24) is 5.43 Å². The highest BCUT2D eigenvalue weighted by Crippen LogP contribution is 2.28. The van der Waals surface area contributed by atoms with Crippen LogP contribution in [0.3, 0.4) is 0 Å². The number of aromatic hydroxyl groups is 1. The third kappa shape index (κ3) is 5.45. The molecule has 0 atom stereocenters. The second-order valence-corrected chi connectivity index (χ2v) is 6.97. The number of hydrazone groups is 1. The first-order chi connectivity index (χ1) is 14.5. The first-order valence-corrected chi connectivity index (χ1v) is 9.54. The average Bonchev–Trinajstić information content (AvgIpc) is 2.75. The third-order valence-corrected chi connectivity index (χ3v) is 4.45. The lowest BCUT2D eigenvalue weighted by molar-refractivity contribution is 0.0729. The molecule has 1 amide bonds. The summed E-state index contributed by atoms with van der Waals surface area (Å²) in [5.74, 6) is -0.266. The number of benzene rings is 3. The Balaban J connectivity index is 1.67. The lowest BCUT2D eigenvalue weighted by atomic mass is 10.2. The van der Waals surface area contributed by atoms with Crippen molar-refractivity contribution in [2.24, 2.45) is 5.10 Å². The number of amides is 1. The number of carbonyl (C=O) groups excluding carboxylic acids is 2. The molecule has 0 aliphatic rings. The predicted octanol–water partition coefficient (Wildman–Crippen LogP) is 4.15. The van der Waals surface area contributed by atoms with E-state index >= 15 is 0 Å². The molecule has 0 aromatic heterocycles. The van der Waals surface area contributed by atoms with E-state index in [0.717, 1.165) is 4.47 Å². The van der Waals surface area contributed by atoms with Crippen LogP contribution in [0.25, 0.3) is 0 Å². The molecule has 3 aromatic rings. The summed E-state index contributed by atoms with van der Waals surface area (Å²) >= 11 is 3.32. The van der Waals surface area contributed by atoms with Gasteiger partial charge < -0.3 is 14.6 Å². The molecular weight excluding hydrogens is 452 g/mol. The van der Waals surface area contributed by atoms with E-state index in [1.807, 2.05) is 6.07 Å². The van der Waals surface area contributed by atoms with Gasteiger partial charge in [-0.15, -0.1) is 0 Å². The van der Waals surface area contributed by atoms with Crippen molar-refractivity contribution in [1.29, 1.82) is 0 Å². The first kappa shape index (κ1) is 21.1. The van der Waals surface area contributed by atoms with E-state index < -0.39 is 11.9 Å². The van der Waals surface area contributed by atoms with Crippen molar-refractivity contribution < 1.29 is 24.2 Å². The van der Waals surface area contributed by atoms with Crippen LogP contribution in [0, 0.1) is 0 Å². The molecule has 0 unspecified atom stereocenters. The van der Waals surface area contributed by atoms with Crippen molar-refractivity contribution >= 4 is 34.0 Å². The van der Waals surface area contributed by atoms with Gasteiger partial charge in [-0.25, -0.2) is 10.2 Å². The fourth-order valence-electron chi connectivity index (χ4n) is 2.47. The zero-order chi connectivity index (χ0) is 21.5. The van der Waals surface area contributed by atoms with Crippen molar-refractivity contribution in [3.8, 4) is 17.2 Å². The first-order valence-electron chi connectivity index (χ1n) is 8.74. The standard InChI is InChI=1S/C22H17BrN2O5/c1-29-20-11-14(13-24-25-21(27)15-6-8-18(26)9-7-15)5-10-19(20)30-22(28)16-3-2-4-17(23)12-16/h2-13,26H,1H3,(H,25,27)/b24-13-. The average molecular weight is 469 g/mol. The number of nitrogens with zero attached hydrogens (tertiary/aromatic N) is 1. The van der Waals surface area contributed by atoms with Gasteiger partial charge in [0.2, 0.25) is 0 Å². The lowest BCUT2D eigenvalue weighted by Crippen LogP contribution is -2.17. The van der Waals surface area contributed by atoms with Crippen LogP contribution in [0.1, 0.15) is 26.3 Å². The van der Waals surface area contributed by atoms with E-state index in [-0.39, 0.29) is 11.5 Å². The Morgan fingerprint density at radius 1 is 1.00 bits per heavy atom. The van der Waals surface area contributed by atoms with E-state index in [1.54, 1.807) is 36.4 Å². The fourth-order valence-corrected chi connectivity index (χ4v) is 2.87. The van der Waals surface area contributed by atoms with Crippen LogP contribution in [0.15, 0.2) is 76.3 Å². The second-order valence-electron chi connectivity index (χ2n) is 6.06. The Kier molecular flexibility index (Phi) is 6.82. The molecule has 8 heteroatoms. The molecule has 152 valence electrons. The maximum absolute atomic E-state index is 12.3.